The van der Waals surface area contributed by atoms with Gasteiger partial charge < -0.3 is 9.26 Å². The minimum Gasteiger partial charge on any atom is -0.497 e. The topological polar surface area (TPSA) is 49.4 Å². The number of fused-ring (bicyclic) bond motifs is 1. The molecule has 1 radical (unpaired) electrons. The molecule has 2 heterocycles. The van der Waals surface area contributed by atoms with Gasteiger partial charge in [0.15, 0.2) is 5.58 Å². The van der Waals surface area contributed by atoms with Crippen LogP contribution in [0.1, 0.15) is 24.5 Å². The molecule has 1 aliphatic rings. The van der Waals surface area contributed by atoms with Crippen molar-refractivity contribution in [3.8, 4) is 5.75 Å². The van der Waals surface area contributed by atoms with Crippen molar-refractivity contribution < 1.29 is 9.26 Å². The maximum atomic E-state index is 5.38. The average Bonchev–Trinajstić information content (AvgIpc) is 2.82. The maximum Gasteiger partial charge on any atom is 0.170 e. The van der Waals surface area contributed by atoms with Gasteiger partial charge in [0.05, 0.1) is 12.8 Å². The fourth-order valence-corrected chi connectivity index (χ4v) is 2.38. The molecule has 2 aromatic rings. The molecule has 0 amide bonds. The Morgan fingerprint density at radius 3 is 2.88 bits per heavy atom. The van der Waals surface area contributed by atoms with Gasteiger partial charge in [0.2, 0.25) is 0 Å². The van der Waals surface area contributed by atoms with Gasteiger partial charge in [0.1, 0.15) is 5.75 Å². The van der Waals surface area contributed by atoms with Gasteiger partial charge in [-0.2, -0.15) is 0 Å². The first-order valence-corrected chi connectivity index (χ1v) is 5.95. The van der Waals surface area contributed by atoms with Crippen LogP contribution in [0.3, 0.4) is 0 Å². The molecule has 0 bridgehead atoms. The van der Waals surface area contributed by atoms with Crippen LogP contribution in [-0.2, 0) is 0 Å². The first kappa shape index (κ1) is 10.6. The fourth-order valence-electron chi connectivity index (χ4n) is 2.38. The highest BCUT2D eigenvalue weighted by atomic mass is 16.5. The van der Waals surface area contributed by atoms with Crippen LogP contribution >= 0.6 is 0 Å². The standard InChI is InChI=1S/C13H15N2O2/c1-16-10-2-3-11-12(8-10)17-15-13(11)9-4-6-14-7-5-9/h2-3,8-9H,4-7H2,1H3. The summed E-state index contributed by atoms with van der Waals surface area (Å²) in [5.41, 5.74) is 1.89. The first-order chi connectivity index (χ1) is 8.38. The molecule has 89 valence electrons. The molecular weight excluding hydrogens is 216 g/mol. The highest BCUT2D eigenvalue weighted by Gasteiger charge is 2.21. The second-order valence-electron chi connectivity index (χ2n) is 4.37. The average molecular weight is 231 g/mol. The van der Waals surface area contributed by atoms with E-state index in [1.165, 1.54) is 0 Å². The largest absolute Gasteiger partial charge is 0.497 e. The zero-order valence-corrected chi connectivity index (χ0v) is 9.85. The molecule has 17 heavy (non-hydrogen) atoms. The summed E-state index contributed by atoms with van der Waals surface area (Å²) >= 11 is 0. The lowest BCUT2D eigenvalue weighted by molar-refractivity contribution is 0.398. The van der Waals surface area contributed by atoms with Gasteiger partial charge in [-0.05, 0) is 25.0 Å². The van der Waals surface area contributed by atoms with Crippen molar-refractivity contribution in [3.05, 3.63) is 23.9 Å². The van der Waals surface area contributed by atoms with Crippen LogP contribution in [-0.4, -0.2) is 25.4 Å². The van der Waals surface area contributed by atoms with E-state index in [4.69, 9.17) is 9.26 Å². The summed E-state index contributed by atoms with van der Waals surface area (Å²) in [6, 6.07) is 5.88. The second kappa shape index (κ2) is 4.37. The zero-order chi connectivity index (χ0) is 11.7. The third kappa shape index (κ3) is 1.89. The molecule has 0 unspecified atom stereocenters. The number of benzene rings is 1. The van der Waals surface area contributed by atoms with E-state index < -0.39 is 0 Å². The van der Waals surface area contributed by atoms with Crippen molar-refractivity contribution in [2.24, 2.45) is 0 Å². The van der Waals surface area contributed by atoms with Gasteiger partial charge in [-0.1, -0.05) is 5.16 Å². The summed E-state index contributed by atoms with van der Waals surface area (Å²) in [6.07, 6.45) is 2.15. The number of piperidine rings is 1. The molecule has 1 fully saturated rings. The van der Waals surface area contributed by atoms with Gasteiger partial charge in [-0.3, -0.25) is 0 Å². The second-order valence-corrected chi connectivity index (χ2v) is 4.37. The maximum absolute atomic E-state index is 5.38. The number of rotatable bonds is 2. The Morgan fingerprint density at radius 2 is 2.12 bits per heavy atom. The minimum atomic E-state index is 0.488. The molecule has 4 nitrogen and oxygen atoms in total. The molecule has 1 aromatic heterocycles. The lowest BCUT2D eigenvalue weighted by Crippen LogP contribution is -2.21. The Labute approximate surface area is 99.9 Å². The van der Waals surface area contributed by atoms with Gasteiger partial charge in [-0.15, -0.1) is 0 Å². The number of nitrogens with zero attached hydrogens (tertiary/aromatic N) is 2. The van der Waals surface area contributed by atoms with E-state index in [1.807, 2.05) is 18.2 Å². The van der Waals surface area contributed by atoms with E-state index in [-0.39, 0.29) is 0 Å². The van der Waals surface area contributed by atoms with Crippen LogP contribution in [0, 0.1) is 0 Å². The van der Waals surface area contributed by atoms with Gasteiger partial charge in [0.25, 0.3) is 0 Å². The Morgan fingerprint density at radius 1 is 1.29 bits per heavy atom. The van der Waals surface area contributed by atoms with Crippen LogP contribution in [0.2, 0.25) is 0 Å². The fraction of sp³-hybridized carbons (Fsp3) is 0.462. The summed E-state index contributed by atoms with van der Waals surface area (Å²) in [5.74, 6) is 1.29. The molecule has 0 saturated carbocycles. The van der Waals surface area contributed by atoms with Crippen LogP contribution in [0.25, 0.3) is 11.0 Å². The molecule has 4 heteroatoms. The number of methoxy groups -OCH3 is 1. The smallest absolute Gasteiger partial charge is 0.170 e. The molecule has 0 atom stereocenters. The molecule has 0 N–H and O–H groups in total. The lowest BCUT2D eigenvalue weighted by atomic mass is 9.92. The van der Waals surface area contributed by atoms with Crippen LogP contribution in [0.5, 0.6) is 5.75 Å². The minimum absolute atomic E-state index is 0.488. The van der Waals surface area contributed by atoms with E-state index in [2.05, 4.69) is 10.5 Å². The van der Waals surface area contributed by atoms with Crippen LogP contribution < -0.4 is 10.1 Å². The van der Waals surface area contributed by atoms with Gasteiger partial charge in [-0.25, -0.2) is 5.32 Å². The van der Waals surface area contributed by atoms with Crippen molar-refractivity contribution >= 4 is 11.0 Å². The van der Waals surface area contributed by atoms with E-state index >= 15 is 0 Å². The number of hydrogen-bond acceptors (Lipinski definition) is 3. The third-order valence-corrected chi connectivity index (χ3v) is 3.37. The zero-order valence-electron chi connectivity index (χ0n) is 9.85. The first-order valence-electron chi connectivity index (χ1n) is 5.95. The van der Waals surface area contributed by atoms with Crippen molar-refractivity contribution in [3.63, 3.8) is 0 Å². The van der Waals surface area contributed by atoms with E-state index in [0.29, 0.717) is 5.92 Å². The third-order valence-electron chi connectivity index (χ3n) is 3.37. The molecular formula is C13H15N2O2. The Balaban J connectivity index is 1.99. The van der Waals surface area contributed by atoms with E-state index in [0.717, 1.165) is 48.3 Å². The van der Waals surface area contributed by atoms with Crippen molar-refractivity contribution in [2.75, 3.05) is 20.2 Å². The van der Waals surface area contributed by atoms with E-state index in [9.17, 15) is 0 Å². The quantitative estimate of drug-likeness (QED) is 0.797. The summed E-state index contributed by atoms with van der Waals surface area (Å²) in [7, 11) is 1.65. The Hall–Kier alpha value is -1.55. The Bertz CT molecular complexity index is 515. The predicted molar refractivity (Wildman–Crippen MR) is 64.4 cm³/mol. The summed E-state index contributed by atoms with van der Waals surface area (Å²) in [5, 5.41) is 9.70. The Kier molecular flexibility index (Phi) is 2.73. The lowest BCUT2D eigenvalue weighted by Gasteiger charge is -2.19. The van der Waals surface area contributed by atoms with Crippen LogP contribution in [0.15, 0.2) is 22.7 Å². The van der Waals surface area contributed by atoms with Crippen molar-refractivity contribution in [1.82, 2.24) is 10.5 Å². The number of aromatic nitrogens is 1. The summed E-state index contributed by atoms with van der Waals surface area (Å²) in [6.45, 7) is 1.88. The highest BCUT2D eigenvalue weighted by molar-refractivity contribution is 5.81. The predicted octanol–water partition coefficient (Wildman–Crippen LogP) is 2.32. The number of hydrogen-bond donors (Lipinski definition) is 0. The molecule has 3 rings (SSSR count). The molecule has 0 aliphatic carbocycles. The molecule has 1 saturated heterocycles. The SMILES string of the molecule is COc1ccc2c(C3CC[N]CC3)noc2c1. The van der Waals surface area contributed by atoms with Crippen LogP contribution in [0.4, 0.5) is 0 Å². The van der Waals surface area contributed by atoms with Gasteiger partial charge in [0, 0.05) is 30.5 Å². The monoisotopic (exact) mass is 231 g/mol. The molecule has 1 aromatic carbocycles. The molecule has 0 spiro atoms. The van der Waals surface area contributed by atoms with Crippen molar-refractivity contribution in [2.45, 2.75) is 18.8 Å². The normalized spacial score (nSPS) is 17.5. The number of ether oxygens (including phenoxy) is 1. The van der Waals surface area contributed by atoms with Gasteiger partial charge >= 0.3 is 0 Å². The van der Waals surface area contributed by atoms with Crippen molar-refractivity contribution in [1.29, 1.82) is 0 Å². The summed E-state index contributed by atoms with van der Waals surface area (Å²) < 4.78 is 10.6. The summed E-state index contributed by atoms with van der Waals surface area (Å²) in [4.78, 5) is 0. The highest BCUT2D eigenvalue weighted by Crippen LogP contribution is 2.32. The molecule has 1 aliphatic heterocycles. The van der Waals surface area contributed by atoms with E-state index in [1.54, 1.807) is 7.11 Å².